The smallest absolute Gasteiger partial charge is 0.355 e. The van der Waals surface area contributed by atoms with Gasteiger partial charge in [-0.25, -0.2) is 14.2 Å². The lowest BCUT2D eigenvalue weighted by Crippen LogP contribution is -2.26. The highest BCUT2D eigenvalue weighted by Gasteiger charge is 2.23. The van der Waals surface area contributed by atoms with Crippen molar-refractivity contribution in [3.05, 3.63) is 45.7 Å². The van der Waals surface area contributed by atoms with Gasteiger partial charge in [-0.1, -0.05) is 0 Å². The molecule has 0 atom stereocenters. The summed E-state index contributed by atoms with van der Waals surface area (Å²) in [5.41, 5.74) is 0.207. The van der Waals surface area contributed by atoms with E-state index in [4.69, 9.17) is 5.11 Å². The lowest BCUT2D eigenvalue weighted by molar-refractivity contribution is -0.117. The number of benzene rings is 1. The third-order valence-corrected chi connectivity index (χ3v) is 4.60. The number of hydrogen-bond donors (Lipinski definition) is 2. The molecular weight excluding hydrogens is 349 g/mol. The molecule has 1 saturated heterocycles. The first-order chi connectivity index (χ1) is 12.0. The fourth-order valence-corrected chi connectivity index (χ4v) is 3.23. The van der Waals surface area contributed by atoms with Crippen molar-refractivity contribution in [1.29, 1.82) is 0 Å². The van der Waals surface area contributed by atoms with Crippen LogP contribution in [0.5, 0.6) is 0 Å². The van der Waals surface area contributed by atoms with Gasteiger partial charge in [0, 0.05) is 24.0 Å². The van der Waals surface area contributed by atoms with Crippen LogP contribution < -0.4 is 10.2 Å². The number of thiazole rings is 1. The summed E-state index contributed by atoms with van der Waals surface area (Å²) in [6.07, 6.45) is 1.17. The first-order valence-corrected chi connectivity index (χ1v) is 8.39. The van der Waals surface area contributed by atoms with Crippen LogP contribution in [0.25, 0.3) is 0 Å². The Morgan fingerprint density at radius 2 is 2.20 bits per heavy atom. The summed E-state index contributed by atoms with van der Waals surface area (Å²) >= 11 is 1.09. The Morgan fingerprint density at radius 1 is 1.40 bits per heavy atom. The zero-order chi connectivity index (χ0) is 18.0. The van der Waals surface area contributed by atoms with Gasteiger partial charge in [0.05, 0.1) is 12.1 Å². The fourth-order valence-electron chi connectivity index (χ4n) is 2.52. The Kier molecular flexibility index (Phi) is 4.75. The summed E-state index contributed by atoms with van der Waals surface area (Å²) in [5, 5.41) is 13.1. The van der Waals surface area contributed by atoms with E-state index in [2.05, 4.69) is 10.3 Å². The molecule has 1 aliphatic rings. The standard InChI is InChI=1S/C16H14FN3O4S/c17-11-4-3-9(20-5-1-2-14(20)21)6-10(11)15(22)18-7-13-19-12(8-25-13)16(23)24/h3-4,6,8H,1-2,5,7H2,(H,18,22)(H,23,24). The fraction of sp³-hybridized carbons (Fsp3) is 0.250. The normalized spacial score (nSPS) is 14.0. The highest BCUT2D eigenvalue weighted by molar-refractivity contribution is 7.09. The van der Waals surface area contributed by atoms with Gasteiger partial charge in [-0.05, 0) is 24.6 Å². The SMILES string of the molecule is O=C(O)c1csc(CNC(=O)c2cc(N3CCCC3=O)ccc2F)n1. The molecule has 1 aromatic heterocycles. The Bertz CT molecular complexity index is 852. The number of amides is 2. The molecule has 1 fully saturated rings. The van der Waals surface area contributed by atoms with E-state index in [-0.39, 0.29) is 23.7 Å². The zero-order valence-corrected chi connectivity index (χ0v) is 13.8. The van der Waals surface area contributed by atoms with Crippen LogP contribution >= 0.6 is 11.3 Å². The number of carboxylic acids is 1. The molecule has 130 valence electrons. The van der Waals surface area contributed by atoms with E-state index in [1.165, 1.54) is 22.4 Å². The second kappa shape index (κ2) is 6.98. The van der Waals surface area contributed by atoms with Crippen LogP contribution in [0.2, 0.25) is 0 Å². The number of aromatic carboxylic acids is 1. The molecule has 3 rings (SSSR count). The Morgan fingerprint density at radius 3 is 2.84 bits per heavy atom. The summed E-state index contributed by atoms with van der Waals surface area (Å²) in [6.45, 7) is 0.533. The average Bonchev–Trinajstić information content (AvgIpc) is 3.22. The van der Waals surface area contributed by atoms with Gasteiger partial charge in [0.25, 0.3) is 5.91 Å². The van der Waals surface area contributed by atoms with Crippen molar-refractivity contribution in [2.45, 2.75) is 19.4 Å². The maximum absolute atomic E-state index is 14.0. The summed E-state index contributed by atoms with van der Waals surface area (Å²) in [6, 6.07) is 3.97. The third kappa shape index (κ3) is 3.66. The number of anilines is 1. The van der Waals surface area contributed by atoms with Crippen LogP contribution in [0.15, 0.2) is 23.6 Å². The van der Waals surface area contributed by atoms with E-state index in [1.807, 2.05) is 0 Å². The summed E-state index contributed by atoms with van der Waals surface area (Å²) in [7, 11) is 0. The van der Waals surface area contributed by atoms with Gasteiger partial charge in [0.2, 0.25) is 5.91 Å². The van der Waals surface area contributed by atoms with E-state index in [0.29, 0.717) is 23.7 Å². The molecule has 7 nitrogen and oxygen atoms in total. The van der Waals surface area contributed by atoms with Crippen LogP contribution in [0.3, 0.4) is 0 Å². The van der Waals surface area contributed by atoms with Gasteiger partial charge in [-0.15, -0.1) is 11.3 Å². The topological polar surface area (TPSA) is 99.6 Å². The summed E-state index contributed by atoms with van der Waals surface area (Å²) in [5.74, 6) is -2.55. The minimum atomic E-state index is -1.15. The number of nitrogens with one attached hydrogen (secondary N) is 1. The van der Waals surface area contributed by atoms with Crippen LogP contribution in [-0.2, 0) is 11.3 Å². The molecule has 2 aromatic rings. The number of hydrogen-bond acceptors (Lipinski definition) is 5. The van der Waals surface area contributed by atoms with E-state index < -0.39 is 17.7 Å². The van der Waals surface area contributed by atoms with E-state index in [0.717, 1.165) is 23.8 Å². The van der Waals surface area contributed by atoms with Crippen LogP contribution in [-0.4, -0.2) is 34.4 Å². The van der Waals surface area contributed by atoms with Gasteiger partial charge in [-0.3, -0.25) is 9.59 Å². The van der Waals surface area contributed by atoms with Crippen molar-refractivity contribution < 1.29 is 23.9 Å². The molecule has 25 heavy (non-hydrogen) atoms. The van der Waals surface area contributed by atoms with Crippen molar-refractivity contribution in [2.75, 3.05) is 11.4 Å². The molecule has 2 N–H and O–H groups in total. The van der Waals surface area contributed by atoms with Gasteiger partial charge < -0.3 is 15.3 Å². The van der Waals surface area contributed by atoms with Crippen molar-refractivity contribution >= 4 is 34.8 Å². The monoisotopic (exact) mass is 363 g/mol. The molecule has 0 aliphatic carbocycles. The predicted molar refractivity (Wildman–Crippen MR) is 88.2 cm³/mol. The third-order valence-electron chi connectivity index (χ3n) is 3.75. The average molecular weight is 363 g/mol. The molecular formula is C16H14FN3O4S. The molecule has 1 aliphatic heterocycles. The predicted octanol–water partition coefficient (Wildman–Crippen LogP) is 2.04. The Hall–Kier alpha value is -2.81. The Balaban J connectivity index is 1.72. The maximum atomic E-state index is 14.0. The van der Waals surface area contributed by atoms with Crippen LogP contribution in [0, 0.1) is 5.82 Å². The molecule has 2 amide bonds. The molecule has 0 bridgehead atoms. The lowest BCUT2D eigenvalue weighted by atomic mass is 10.1. The first kappa shape index (κ1) is 17.0. The van der Waals surface area contributed by atoms with E-state index in [1.54, 1.807) is 0 Å². The number of carbonyl (C=O) groups is 3. The quantitative estimate of drug-likeness (QED) is 0.847. The maximum Gasteiger partial charge on any atom is 0.355 e. The molecule has 9 heteroatoms. The summed E-state index contributed by atoms with van der Waals surface area (Å²) in [4.78, 5) is 40.2. The summed E-state index contributed by atoms with van der Waals surface area (Å²) < 4.78 is 14.0. The number of carbonyl (C=O) groups excluding carboxylic acids is 2. The number of carboxylic acid groups (broad SMARTS) is 1. The number of nitrogens with zero attached hydrogens (tertiary/aromatic N) is 2. The minimum Gasteiger partial charge on any atom is -0.476 e. The zero-order valence-electron chi connectivity index (χ0n) is 13.0. The highest BCUT2D eigenvalue weighted by Crippen LogP contribution is 2.24. The second-order valence-corrected chi connectivity index (χ2v) is 6.37. The molecule has 2 heterocycles. The highest BCUT2D eigenvalue weighted by atomic mass is 32.1. The molecule has 0 saturated carbocycles. The lowest BCUT2D eigenvalue weighted by Gasteiger charge is -2.16. The minimum absolute atomic E-state index is 0.0108. The number of aromatic nitrogens is 1. The van der Waals surface area contributed by atoms with Gasteiger partial charge in [-0.2, -0.15) is 0 Å². The van der Waals surface area contributed by atoms with Gasteiger partial charge in [0.1, 0.15) is 10.8 Å². The van der Waals surface area contributed by atoms with Crippen LogP contribution in [0.4, 0.5) is 10.1 Å². The van der Waals surface area contributed by atoms with Crippen molar-refractivity contribution in [3.8, 4) is 0 Å². The van der Waals surface area contributed by atoms with Crippen molar-refractivity contribution in [3.63, 3.8) is 0 Å². The Labute approximate surface area is 146 Å². The number of halogens is 1. The molecule has 0 unspecified atom stereocenters. The largest absolute Gasteiger partial charge is 0.476 e. The van der Waals surface area contributed by atoms with Crippen LogP contribution in [0.1, 0.15) is 38.7 Å². The molecule has 0 spiro atoms. The van der Waals surface area contributed by atoms with E-state index >= 15 is 0 Å². The van der Waals surface area contributed by atoms with Gasteiger partial charge in [0.15, 0.2) is 5.69 Å². The van der Waals surface area contributed by atoms with E-state index in [9.17, 15) is 18.8 Å². The number of rotatable bonds is 5. The van der Waals surface area contributed by atoms with Crippen molar-refractivity contribution in [1.82, 2.24) is 10.3 Å². The van der Waals surface area contributed by atoms with Crippen molar-refractivity contribution in [2.24, 2.45) is 0 Å². The van der Waals surface area contributed by atoms with Gasteiger partial charge >= 0.3 is 5.97 Å². The second-order valence-electron chi connectivity index (χ2n) is 5.43. The molecule has 1 aromatic carbocycles. The first-order valence-electron chi connectivity index (χ1n) is 7.51. The molecule has 0 radical (unpaired) electrons.